The van der Waals surface area contributed by atoms with Crippen LogP contribution < -0.4 is 15.8 Å². The van der Waals surface area contributed by atoms with Crippen LogP contribution >= 0.6 is 0 Å². The molecule has 1 aliphatic carbocycles. The minimum Gasteiger partial charge on any atom is -0.448 e. The van der Waals surface area contributed by atoms with E-state index < -0.39 is 5.72 Å². The van der Waals surface area contributed by atoms with Crippen LogP contribution in [0.2, 0.25) is 0 Å². The summed E-state index contributed by atoms with van der Waals surface area (Å²) in [6.07, 6.45) is 8.01. The first-order valence-electron chi connectivity index (χ1n) is 9.28. The van der Waals surface area contributed by atoms with E-state index in [1.54, 1.807) is 0 Å². The molecule has 0 amide bonds. The lowest BCUT2D eigenvalue weighted by molar-refractivity contribution is 0.123. The van der Waals surface area contributed by atoms with Crippen molar-refractivity contribution in [2.75, 3.05) is 12.8 Å². The molecule has 0 saturated heterocycles. The minimum absolute atomic E-state index is 0.324. The van der Waals surface area contributed by atoms with E-state index in [4.69, 9.17) is 15.5 Å². The number of benzene rings is 1. The zero-order valence-electron chi connectivity index (χ0n) is 15.3. The number of nitrogens with one attached hydrogen (secondary N) is 1. The van der Waals surface area contributed by atoms with E-state index in [0.717, 1.165) is 11.3 Å². The van der Waals surface area contributed by atoms with E-state index in [1.165, 1.54) is 44.0 Å². The van der Waals surface area contributed by atoms with E-state index in [9.17, 15) is 0 Å². The van der Waals surface area contributed by atoms with E-state index >= 15 is 0 Å². The number of aliphatic imine (C=N–C) groups is 1. The van der Waals surface area contributed by atoms with Crippen molar-refractivity contribution in [3.63, 3.8) is 0 Å². The Balaban J connectivity index is 1.71. The van der Waals surface area contributed by atoms with Gasteiger partial charge in [0.25, 0.3) is 0 Å². The molecule has 2 aliphatic rings. The van der Waals surface area contributed by atoms with Gasteiger partial charge < -0.3 is 10.5 Å². The van der Waals surface area contributed by atoms with Crippen LogP contribution in [-0.2, 0) is 0 Å². The summed E-state index contributed by atoms with van der Waals surface area (Å²) in [6, 6.07) is 8.72. The molecule has 6 nitrogen and oxygen atoms in total. The molecule has 136 valence electrons. The van der Waals surface area contributed by atoms with Crippen molar-refractivity contribution in [3.8, 4) is 5.88 Å². The first kappa shape index (κ1) is 17.0. The summed E-state index contributed by atoms with van der Waals surface area (Å²) in [5.74, 6) is 1.41. The standard InChI is InChI=1S/C20H25N5O/c1-20(22-2)17(25-16-18(21)23-12-24-19(16)26-20)15-10-8-14(9-11-15)13-6-4-3-5-7-13/h8-13,22H,3-7H2,1-2H3,(H2,21,23,24). The minimum atomic E-state index is -0.778. The lowest BCUT2D eigenvalue weighted by atomic mass is 9.83. The zero-order valence-corrected chi connectivity index (χ0v) is 15.3. The molecular formula is C20H25N5O. The van der Waals surface area contributed by atoms with Crippen molar-refractivity contribution in [1.29, 1.82) is 0 Å². The van der Waals surface area contributed by atoms with E-state index in [1.807, 2.05) is 14.0 Å². The average Bonchev–Trinajstić information content (AvgIpc) is 2.69. The molecule has 3 N–H and O–H groups in total. The normalized spacial score (nSPS) is 23.1. The molecule has 0 radical (unpaired) electrons. The molecule has 1 fully saturated rings. The van der Waals surface area contributed by atoms with Gasteiger partial charge in [0.05, 0.1) is 0 Å². The van der Waals surface area contributed by atoms with E-state index in [0.29, 0.717) is 23.3 Å². The van der Waals surface area contributed by atoms with Crippen LogP contribution in [0.3, 0.4) is 0 Å². The number of anilines is 1. The van der Waals surface area contributed by atoms with Gasteiger partial charge in [0, 0.05) is 5.56 Å². The Hall–Kier alpha value is -2.47. The lowest BCUT2D eigenvalue weighted by Crippen LogP contribution is -2.54. The number of aromatic nitrogens is 2. The predicted octanol–water partition coefficient (Wildman–Crippen LogP) is 3.56. The summed E-state index contributed by atoms with van der Waals surface area (Å²) in [4.78, 5) is 13.0. The van der Waals surface area contributed by atoms with Crippen molar-refractivity contribution in [1.82, 2.24) is 15.3 Å². The summed E-state index contributed by atoms with van der Waals surface area (Å²) < 4.78 is 6.09. The fourth-order valence-corrected chi connectivity index (χ4v) is 3.87. The Bertz CT molecular complexity index is 827. The molecule has 1 aromatic heterocycles. The Kier molecular flexibility index (Phi) is 4.36. The third-order valence-electron chi connectivity index (χ3n) is 5.53. The monoisotopic (exact) mass is 351 g/mol. The van der Waals surface area contributed by atoms with Gasteiger partial charge in [-0.1, -0.05) is 43.5 Å². The number of nitrogen functional groups attached to an aromatic ring is 1. The predicted molar refractivity (Wildman–Crippen MR) is 103 cm³/mol. The Morgan fingerprint density at radius 3 is 2.54 bits per heavy atom. The number of likely N-dealkylation sites (N-methyl/N-ethyl adjacent to an activating group) is 1. The quantitative estimate of drug-likeness (QED) is 0.883. The van der Waals surface area contributed by atoms with Crippen molar-refractivity contribution in [2.45, 2.75) is 50.7 Å². The van der Waals surface area contributed by atoms with Crippen LogP contribution in [0.15, 0.2) is 35.6 Å². The van der Waals surface area contributed by atoms with Crippen LogP contribution in [-0.4, -0.2) is 28.5 Å². The fraction of sp³-hybridized carbons (Fsp3) is 0.450. The van der Waals surface area contributed by atoms with Crippen molar-refractivity contribution in [2.24, 2.45) is 4.99 Å². The third kappa shape index (κ3) is 2.94. The number of rotatable bonds is 3. The number of hydrogen-bond donors (Lipinski definition) is 2. The average molecular weight is 351 g/mol. The van der Waals surface area contributed by atoms with Crippen LogP contribution in [0.25, 0.3) is 0 Å². The van der Waals surface area contributed by atoms with Gasteiger partial charge in [-0.25, -0.2) is 9.98 Å². The molecule has 1 unspecified atom stereocenters. The molecule has 1 aliphatic heterocycles. The molecule has 0 bridgehead atoms. The molecule has 1 aromatic carbocycles. The van der Waals surface area contributed by atoms with Gasteiger partial charge in [-0.05, 0) is 38.3 Å². The Morgan fingerprint density at radius 1 is 1.12 bits per heavy atom. The maximum Gasteiger partial charge on any atom is 0.247 e. The SMILES string of the molecule is CNC1(C)Oc2ncnc(N)c2N=C1c1ccc(C2CCCCC2)cc1. The highest BCUT2D eigenvalue weighted by Crippen LogP contribution is 2.38. The molecule has 2 heterocycles. The van der Waals surface area contributed by atoms with Crippen molar-refractivity contribution >= 4 is 17.2 Å². The first-order chi connectivity index (χ1) is 12.6. The molecule has 6 heteroatoms. The van der Waals surface area contributed by atoms with Crippen LogP contribution in [0.5, 0.6) is 5.88 Å². The fourth-order valence-electron chi connectivity index (χ4n) is 3.87. The first-order valence-corrected chi connectivity index (χ1v) is 9.28. The number of nitrogens with zero attached hydrogens (tertiary/aromatic N) is 3. The molecule has 0 spiro atoms. The summed E-state index contributed by atoms with van der Waals surface area (Å²) in [6.45, 7) is 1.95. The van der Waals surface area contributed by atoms with Gasteiger partial charge >= 0.3 is 0 Å². The van der Waals surface area contributed by atoms with E-state index in [-0.39, 0.29) is 0 Å². The Labute approximate surface area is 153 Å². The molecular weight excluding hydrogens is 326 g/mol. The van der Waals surface area contributed by atoms with Gasteiger partial charge in [0.15, 0.2) is 11.5 Å². The smallest absolute Gasteiger partial charge is 0.247 e. The molecule has 2 aromatic rings. The van der Waals surface area contributed by atoms with Gasteiger partial charge in [-0.15, -0.1) is 0 Å². The molecule has 26 heavy (non-hydrogen) atoms. The van der Waals surface area contributed by atoms with Crippen molar-refractivity contribution in [3.05, 3.63) is 41.7 Å². The highest BCUT2D eigenvalue weighted by Gasteiger charge is 2.38. The van der Waals surface area contributed by atoms with Gasteiger partial charge in [0.1, 0.15) is 12.0 Å². The van der Waals surface area contributed by atoms with Gasteiger partial charge in [-0.3, -0.25) is 5.32 Å². The highest BCUT2D eigenvalue weighted by atomic mass is 16.5. The second-order valence-electron chi connectivity index (χ2n) is 7.22. The summed E-state index contributed by atoms with van der Waals surface area (Å²) >= 11 is 0. The van der Waals surface area contributed by atoms with Gasteiger partial charge in [-0.2, -0.15) is 4.98 Å². The molecule has 4 rings (SSSR count). The number of ether oxygens (including phenoxy) is 1. The highest BCUT2D eigenvalue weighted by molar-refractivity contribution is 6.09. The maximum atomic E-state index is 6.09. The maximum absolute atomic E-state index is 6.09. The largest absolute Gasteiger partial charge is 0.448 e. The Morgan fingerprint density at radius 2 is 1.85 bits per heavy atom. The van der Waals surface area contributed by atoms with E-state index in [2.05, 4.69) is 39.6 Å². The summed E-state index contributed by atoms with van der Waals surface area (Å²) in [5, 5.41) is 3.21. The number of fused-ring (bicyclic) bond motifs is 1. The second-order valence-corrected chi connectivity index (χ2v) is 7.22. The molecule has 1 atom stereocenters. The van der Waals surface area contributed by atoms with Crippen LogP contribution in [0.1, 0.15) is 56.1 Å². The third-order valence-corrected chi connectivity index (χ3v) is 5.53. The second kappa shape index (κ2) is 6.68. The number of hydrogen-bond acceptors (Lipinski definition) is 6. The topological polar surface area (TPSA) is 85.4 Å². The summed E-state index contributed by atoms with van der Waals surface area (Å²) in [5.41, 5.74) is 8.90. The van der Waals surface area contributed by atoms with Gasteiger partial charge in [0.2, 0.25) is 11.6 Å². The molecule has 1 saturated carbocycles. The zero-order chi connectivity index (χ0) is 18.1. The number of nitrogens with two attached hydrogens (primary N) is 1. The van der Waals surface area contributed by atoms with Crippen LogP contribution in [0.4, 0.5) is 11.5 Å². The lowest BCUT2D eigenvalue weighted by Gasteiger charge is -2.34. The van der Waals surface area contributed by atoms with Crippen LogP contribution in [0, 0.1) is 0 Å². The van der Waals surface area contributed by atoms with Crippen molar-refractivity contribution < 1.29 is 4.74 Å². The summed E-state index contributed by atoms with van der Waals surface area (Å²) in [7, 11) is 1.85.